The molecule has 70 valence electrons. The second kappa shape index (κ2) is 2.90. The molecule has 1 unspecified atom stereocenters. The predicted molar refractivity (Wildman–Crippen MR) is 52.0 cm³/mol. The first-order valence-corrected chi connectivity index (χ1v) is 5.55. The molecule has 3 rings (SSSR count). The standard InChI is InChI=1S/C12H16O/c1-3-7-11-9(5-1)10-6-2-4-8-12(10)13-11/h7,9H,1-6,8H2. The third kappa shape index (κ3) is 1.13. The SMILES string of the molecule is C1=C2OC3=C(CCCC3)C2CCC1. The molecule has 0 bridgehead atoms. The van der Waals surface area contributed by atoms with Crippen LogP contribution in [0.3, 0.4) is 0 Å². The van der Waals surface area contributed by atoms with Crippen LogP contribution in [0.2, 0.25) is 0 Å². The molecule has 0 saturated carbocycles. The Bertz CT molecular complexity index is 285. The van der Waals surface area contributed by atoms with Gasteiger partial charge in [0.2, 0.25) is 0 Å². The van der Waals surface area contributed by atoms with E-state index >= 15 is 0 Å². The number of hydrogen-bond acceptors (Lipinski definition) is 1. The number of rotatable bonds is 0. The lowest BCUT2D eigenvalue weighted by Crippen LogP contribution is -2.07. The minimum Gasteiger partial charge on any atom is -0.466 e. The second-order valence-corrected chi connectivity index (χ2v) is 4.35. The lowest BCUT2D eigenvalue weighted by atomic mass is 9.83. The van der Waals surface area contributed by atoms with Crippen molar-refractivity contribution in [2.45, 2.75) is 44.9 Å². The first-order valence-electron chi connectivity index (χ1n) is 5.55. The topological polar surface area (TPSA) is 9.23 Å². The Morgan fingerprint density at radius 1 is 1.15 bits per heavy atom. The monoisotopic (exact) mass is 176 g/mol. The molecule has 0 N–H and O–H groups in total. The van der Waals surface area contributed by atoms with Gasteiger partial charge in [-0.15, -0.1) is 0 Å². The molecule has 0 amide bonds. The van der Waals surface area contributed by atoms with Crippen LogP contribution in [0.25, 0.3) is 0 Å². The van der Waals surface area contributed by atoms with E-state index in [9.17, 15) is 0 Å². The summed E-state index contributed by atoms with van der Waals surface area (Å²) in [7, 11) is 0. The molecule has 1 nitrogen and oxygen atoms in total. The highest BCUT2D eigenvalue weighted by Gasteiger charge is 2.34. The van der Waals surface area contributed by atoms with E-state index in [0.717, 1.165) is 0 Å². The fraction of sp³-hybridized carbons (Fsp3) is 0.667. The molecule has 0 saturated heterocycles. The van der Waals surface area contributed by atoms with Gasteiger partial charge in [0, 0.05) is 12.3 Å². The van der Waals surface area contributed by atoms with E-state index in [2.05, 4.69) is 6.08 Å². The first kappa shape index (κ1) is 7.66. The summed E-state index contributed by atoms with van der Waals surface area (Å²) in [5.74, 6) is 3.33. The van der Waals surface area contributed by atoms with E-state index in [4.69, 9.17) is 4.74 Å². The summed E-state index contributed by atoms with van der Waals surface area (Å²) in [5.41, 5.74) is 1.65. The molecule has 3 aliphatic rings. The third-order valence-electron chi connectivity index (χ3n) is 3.51. The Balaban J connectivity index is 1.94. The molecule has 0 fully saturated rings. The van der Waals surface area contributed by atoms with E-state index in [1.807, 2.05) is 0 Å². The summed E-state index contributed by atoms with van der Waals surface area (Å²) in [6, 6.07) is 0. The van der Waals surface area contributed by atoms with Gasteiger partial charge in [0.15, 0.2) is 0 Å². The minimum absolute atomic E-state index is 0.698. The highest BCUT2D eigenvalue weighted by atomic mass is 16.5. The van der Waals surface area contributed by atoms with Gasteiger partial charge >= 0.3 is 0 Å². The van der Waals surface area contributed by atoms with Gasteiger partial charge in [-0.2, -0.15) is 0 Å². The lowest BCUT2D eigenvalue weighted by molar-refractivity contribution is 0.278. The number of allylic oxidation sites excluding steroid dienone is 3. The van der Waals surface area contributed by atoms with Crippen molar-refractivity contribution in [2.75, 3.05) is 0 Å². The van der Waals surface area contributed by atoms with Crippen molar-refractivity contribution in [3.05, 3.63) is 23.2 Å². The molecule has 1 heteroatoms. The van der Waals surface area contributed by atoms with Crippen LogP contribution < -0.4 is 0 Å². The molecule has 0 radical (unpaired) electrons. The average molecular weight is 176 g/mol. The van der Waals surface area contributed by atoms with Crippen molar-refractivity contribution < 1.29 is 4.74 Å². The molecule has 0 aromatic rings. The largest absolute Gasteiger partial charge is 0.466 e. The van der Waals surface area contributed by atoms with Crippen LogP contribution in [-0.2, 0) is 4.74 Å². The zero-order chi connectivity index (χ0) is 8.67. The fourth-order valence-corrected chi connectivity index (χ4v) is 2.84. The van der Waals surface area contributed by atoms with Crippen LogP contribution in [-0.4, -0.2) is 0 Å². The summed E-state index contributed by atoms with van der Waals surface area (Å²) in [4.78, 5) is 0. The molecular weight excluding hydrogens is 160 g/mol. The maximum absolute atomic E-state index is 5.91. The van der Waals surface area contributed by atoms with Gasteiger partial charge in [-0.1, -0.05) is 0 Å². The van der Waals surface area contributed by atoms with Crippen molar-refractivity contribution in [2.24, 2.45) is 5.92 Å². The summed E-state index contributed by atoms with van der Waals surface area (Å²) < 4.78 is 5.91. The van der Waals surface area contributed by atoms with Crippen molar-refractivity contribution in [1.82, 2.24) is 0 Å². The highest BCUT2D eigenvalue weighted by Crippen LogP contribution is 2.46. The third-order valence-corrected chi connectivity index (χ3v) is 3.51. The van der Waals surface area contributed by atoms with Crippen LogP contribution >= 0.6 is 0 Å². The smallest absolute Gasteiger partial charge is 0.107 e. The van der Waals surface area contributed by atoms with Crippen LogP contribution in [0.1, 0.15) is 44.9 Å². The highest BCUT2D eigenvalue weighted by molar-refractivity contribution is 5.30. The fourth-order valence-electron chi connectivity index (χ4n) is 2.84. The molecule has 0 spiro atoms. The van der Waals surface area contributed by atoms with Gasteiger partial charge in [-0.25, -0.2) is 0 Å². The summed E-state index contributed by atoms with van der Waals surface area (Å²) >= 11 is 0. The maximum Gasteiger partial charge on any atom is 0.107 e. The van der Waals surface area contributed by atoms with E-state index < -0.39 is 0 Å². The van der Waals surface area contributed by atoms with Crippen molar-refractivity contribution in [3.8, 4) is 0 Å². The Hall–Kier alpha value is -0.720. The van der Waals surface area contributed by atoms with E-state index in [1.165, 1.54) is 56.5 Å². The lowest BCUT2D eigenvalue weighted by Gasteiger charge is -2.18. The summed E-state index contributed by atoms with van der Waals surface area (Å²) in [6.45, 7) is 0. The molecular formula is C12H16O. The van der Waals surface area contributed by atoms with Crippen LogP contribution in [0.15, 0.2) is 23.2 Å². The predicted octanol–water partition coefficient (Wildman–Crippen LogP) is 3.53. The van der Waals surface area contributed by atoms with Crippen LogP contribution in [0.5, 0.6) is 0 Å². The Morgan fingerprint density at radius 3 is 3.08 bits per heavy atom. The molecule has 13 heavy (non-hydrogen) atoms. The molecule has 1 aliphatic heterocycles. The second-order valence-electron chi connectivity index (χ2n) is 4.35. The molecule has 2 aliphatic carbocycles. The molecule has 0 aromatic heterocycles. The zero-order valence-electron chi connectivity index (χ0n) is 8.01. The van der Waals surface area contributed by atoms with Crippen molar-refractivity contribution in [1.29, 1.82) is 0 Å². The number of fused-ring (bicyclic) bond motifs is 2. The van der Waals surface area contributed by atoms with Gasteiger partial charge in [0.25, 0.3) is 0 Å². The van der Waals surface area contributed by atoms with Gasteiger partial charge in [-0.05, 0) is 50.2 Å². The van der Waals surface area contributed by atoms with Gasteiger partial charge in [0.1, 0.15) is 11.5 Å². The Kier molecular flexibility index (Phi) is 1.71. The van der Waals surface area contributed by atoms with Gasteiger partial charge in [0.05, 0.1) is 0 Å². The maximum atomic E-state index is 5.91. The van der Waals surface area contributed by atoms with Crippen LogP contribution in [0, 0.1) is 5.92 Å². The quantitative estimate of drug-likeness (QED) is 0.548. The summed E-state index contributed by atoms with van der Waals surface area (Å²) in [5, 5.41) is 0. The van der Waals surface area contributed by atoms with Crippen molar-refractivity contribution >= 4 is 0 Å². The Labute approximate surface area is 79.5 Å². The average Bonchev–Trinajstić information content (AvgIpc) is 2.56. The zero-order valence-corrected chi connectivity index (χ0v) is 8.01. The van der Waals surface area contributed by atoms with E-state index in [0.29, 0.717) is 5.92 Å². The summed E-state index contributed by atoms with van der Waals surface area (Å²) in [6.07, 6.45) is 11.4. The minimum atomic E-state index is 0.698. The molecule has 1 atom stereocenters. The molecule has 0 aromatic carbocycles. The number of hydrogen-bond donors (Lipinski definition) is 0. The van der Waals surface area contributed by atoms with E-state index in [1.54, 1.807) is 5.57 Å². The number of ether oxygens (including phenoxy) is 1. The Morgan fingerprint density at radius 2 is 2.08 bits per heavy atom. The van der Waals surface area contributed by atoms with Gasteiger partial charge in [-0.3, -0.25) is 0 Å². The van der Waals surface area contributed by atoms with Crippen LogP contribution in [0.4, 0.5) is 0 Å². The van der Waals surface area contributed by atoms with Crippen molar-refractivity contribution in [3.63, 3.8) is 0 Å². The normalized spacial score (nSPS) is 32.0. The first-order chi connectivity index (χ1) is 6.45. The van der Waals surface area contributed by atoms with E-state index in [-0.39, 0.29) is 0 Å². The van der Waals surface area contributed by atoms with Gasteiger partial charge < -0.3 is 4.74 Å². The molecule has 1 heterocycles.